The highest BCUT2D eigenvalue weighted by Crippen LogP contribution is 2.32. The van der Waals surface area contributed by atoms with E-state index >= 15 is 0 Å². The van der Waals surface area contributed by atoms with Crippen molar-refractivity contribution in [3.05, 3.63) is 82.3 Å². The summed E-state index contributed by atoms with van der Waals surface area (Å²) in [6.07, 6.45) is 0. The normalized spacial score (nSPS) is 12.0. The van der Waals surface area contributed by atoms with E-state index in [4.69, 9.17) is 32.7 Å². The Kier molecular flexibility index (Phi) is 10.9. The number of halogens is 2. The molecular formula is C29H33Cl2N3O6S. The zero-order chi connectivity index (χ0) is 30.3. The number of amides is 2. The van der Waals surface area contributed by atoms with Crippen LogP contribution in [0.15, 0.2) is 71.6 Å². The Hall–Kier alpha value is -3.47. The van der Waals surface area contributed by atoms with E-state index in [1.807, 2.05) is 13.8 Å². The van der Waals surface area contributed by atoms with Gasteiger partial charge in [-0.05, 0) is 74.9 Å². The number of nitrogens with zero attached hydrogens (tertiary/aromatic N) is 2. The van der Waals surface area contributed by atoms with Gasteiger partial charge in [0, 0.05) is 28.7 Å². The standard InChI is InChI=1S/C29H33Cl2N3O6S/c1-19(2)32-29(36)20(3)33(17-21-6-8-22(30)9-7-21)28(35)18-34(24-12-10-23(31)11-13-24)41(37,38)25-14-15-26(39-4)27(16-25)40-5/h6-16,19-20H,17-18H2,1-5H3,(H,32,36)/t20-/m1/s1. The van der Waals surface area contributed by atoms with E-state index in [9.17, 15) is 18.0 Å². The Balaban J connectivity index is 2.06. The zero-order valence-electron chi connectivity index (χ0n) is 23.4. The van der Waals surface area contributed by atoms with Crippen molar-refractivity contribution in [1.29, 1.82) is 0 Å². The summed E-state index contributed by atoms with van der Waals surface area (Å²) in [4.78, 5) is 28.2. The monoisotopic (exact) mass is 621 g/mol. The van der Waals surface area contributed by atoms with Gasteiger partial charge in [0.15, 0.2) is 11.5 Å². The summed E-state index contributed by atoms with van der Waals surface area (Å²) < 4.78 is 39.6. The number of carbonyl (C=O) groups is 2. The van der Waals surface area contributed by atoms with E-state index in [1.165, 1.54) is 61.6 Å². The second-order valence-electron chi connectivity index (χ2n) is 9.49. The Bertz CT molecular complexity index is 1460. The van der Waals surface area contributed by atoms with E-state index < -0.39 is 28.5 Å². The molecule has 12 heteroatoms. The number of ether oxygens (including phenoxy) is 2. The quantitative estimate of drug-likeness (QED) is 0.300. The average molecular weight is 623 g/mol. The highest BCUT2D eigenvalue weighted by Gasteiger charge is 2.33. The fourth-order valence-corrected chi connectivity index (χ4v) is 5.70. The molecule has 1 atom stereocenters. The molecule has 3 aromatic carbocycles. The fraction of sp³-hybridized carbons (Fsp3) is 0.310. The molecule has 0 spiro atoms. The van der Waals surface area contributed by atoms with E-state index in [-0.39, 0.29) is 34.8 Å². The van der Waals surface area contributed by atoms with Crippen molar-refractivity contribution in [2.24, 2.45) is 0 Å². The van der Waals surface area contributed by atoms with Gasteiger partial charge in [-0.2, -0.15) is 0 Å². The third-order valence-corrected chi connectivity index (χ3v) is 8.47. The lowest BCUT2D eigenvalue weighted by Crippen LogP contribution is -2.52. The lowest BCUT2D eigenvalue weighted by molar-refractivity contribution is -0.139. The number of anilines is 1. The molecule has 0 aliphatic rings. The topological polar surface area (TPSA) is 105 Å². The predicted octanol–water partition coefficient (Wildman–Crippen LogP) is 5.15. The number of benzene rings is 3. The minimum absolute atomic E-state index is 0.0492. The van der Waals surface area contributed by atoms with Crippen LogP contribution in [0.4, 0.5) is 5.69 Å². The van der Waals surface area contributed by atoms with Crippen molar-refractivity contribution >= 4 is 50.7 Å². The maximum atomic E-state index is 14.0. The molecule has 41 heavy (non-hydrogen) atoms. The molecule has 0 aliphatic carbocycles. The first kappa shape index (κ1) is 32.0. The van der Waals surface area contributed by atoms with Gasteiger partial charge < -0.3 is 19.7 Å². The lowest BCUT2D eigenvalue weighted by atomic mass is 10.1. The molecular weight excluding hydrogens is 589 g/mol. The number of sulfonamides is 1. The van der Waals surface area contributed by atoms with Crippen molar-refractivity contribution in [1.82, 2.24) is 10.2 Å². The Morgan fingerprint density at radius 1 is 0.854 bits per heavy atom. The van der Waals surface area contributed by atoms with Gasteiger partial charge in [0.05, 0.1) is 24.8 Å². The van der Waals surface area contributed by atoms with Gasteiger partial charge in [0.1, 0.15) is 12.6 Å². The van der Waals surface area contributed by atoms with Crippen molar-refractivity contribution in [3.8, 4) is 11.5 Å². The average Bonchev–Trinajstić information content (AvgIpc) is 2.94. The van der Waals surface area contributed by atoms with Gasteiger partial charge in [0.25, 0.3) is 10.0 Å². The highest BCUT2D eigenvalue weighted by molar-refractivity contribution is 7.92. The molecule has 220 valence electrons. The van der Waals surface area contributed by atoms with Crippen LogP contribution >= 0.6 is 23.2 Å². The number of rotatable bonds is 12. The molecule has 0 heterocycles. The second kappa shape index (κ2) is 13.9. The summed E-state index contributed by atoms with van der Waals surface area (Å²) in [6.45, 7) is 4.68. The van der Waals surface area contributed by atoms with Gasteiger partial charge in [-0.15, -0.1) is 0 Å². The minimum Gasteiger partial charge on any atom is -0.493 e. The molecule has 9 nitrogen and oxygen atoms in total. The van der Waals surface area contributed by atoms with Gasteiger partial charge in [0.2, 0.25) is 11.8 Å². The van der Waals surface area contributed by atoms with E-state index in [2.05, 4.69) is 5.32 Å². The first-order chi connectivity index (χ1) is 19.4. The summed E-state index contributed by atoms with van der Waals surface area (Å²) in [6, 6.07) is 16.0. The summed E-state index contributed by atoms with van der Waals surface area (Å²) in [5.41, 5.74) is 0.927. The fourth-order valence-electron chi connectivity index (χ4n) is 4.01. The summed E-state index contributed by atoms with van der Waals surface area (Å²) in [5.74, 6) is -0.410. The van der Waals surface area contributed by atoms with Crippen molar-refractivity contribution in [2.75, 3.05) is 25.1 Å². The van der Waals surface area contributed by atoms with Crippen LogP contribution in [-0.4, -0.2) is 58.0 Å². The van der Waals surface area contributed by atoms with Crippen molar-refractivity contribution < 1.29 is 27.5 Å². The molecule has 0 fully saturated rings. The van der Waals surface area contributed by atoms with Crippen molar-refractivity contribution in [2.45, 2.75) is 44.3 Å². The van der Waals surface area contributed by atoms with Crippen LogP contribution in [0.25, 0.3) is 0 Å². The van der Waals surface area contributed by atoms with Gasteiger partial charge in [-0.25, -0.2) is 8.42 Å². The third-order valence-electron chi connectivity index (χ3n) is 6.20. The molecule has 3 rings (SSSR count). The smallest absolute Gasteiger partial charge is 0.264 e. The number of hydrogen-bond donors (Lipinski definition) is 1. The molecule has 0 radical (unpaired) electrons. The molecule has 0 unspecified atom stereocenters. The summed E-state index contributed by atoms with van der Waals surface area (Å²) >= 11 is 12.1. The van der Waals surface area contributed by atoms with Gasteiger partial charge >= 0.3 is 0 Å². The predicted molar refractivity (Wildman–Crippen MR) is 160 cm³/mol. The van der Waals surface area contributed by atoms with E-state index in [1.54, 1.807) is 31.2 Å². The van der Waals surface area contributed by atoms with Crippen molar-refractivity contribution in [3.63, 3.8) is 0 Å². The lowest BCUT2D eigenvalue weighted by Gasteiger charge is -2.32. The van der Waals surface area contributed by atoms with Crippen LogP contribution in [0.2, 0.25) is 10.0 Å². The number of nitrogens with one attached hydrogen (secondary N) is 1. The maximum Gasteiger partial charge on any atom is 0.264 e. The van der Waals surface area contributed by atoms with Crippen LogP contribution in [0.3, 0.4) is 0 Å². The molecule has 1 N–H and O–H groups in total. The van der Waals surface area contributed by atoms with E-state index in [0.29, 0.717) is 21.4 Å². The minimum atomic E-state index is -4.31. The van der Waals surface area contributed by atoms with Crippen LogP contribution in [0.1, 0.15) is 26.3 Å². The second-order valence-corrected chi connectivity index (χ2v) is 12.2. The van der Waals surface area contributed by atoms with Gasteiger partial charge in [-0.1, -0.05) is 35.3 Å². The van der Waals surface area contributed by atoms with Crippen LogP contribution in [0.5, 0.6) is 11.5 Å². The molecule has 0 saturated heterocycles. The van der Waals surface area contributed by atoms with Crippen LogP contribution < -0.4 is 19.1 Å². The Morgan fingerprint density at radius 3 is 1.95 bits per heavy atom. The summed E-state index contributed by atoms with van der Waals surface area (Å²) in [5, 5.41) is 3.73. The van der Waals surface area contributed by atoms with E-state index in [0.717, 1.165) is 4.31 Å². The number of methoxy groups -OCH3 is 2. The molecule has 0 saturated carbocycles. The van der Waals surface area contributed by atoms with Crippen LogP contribution in [-0.2, 0) is 26.2 Å². The SMILES string of the molecule is COc1ccc(S(=O)(=O)N(CC(=O)N(Cc2ccc(Cl)cc2)[C@H](C)C(=O)NC(C)C)c2ccc(Cl)cc2)cc1OC. The molecule has 3 aromatic rings. The number of carbonyl (C=O) groups excluding carboxylic acids is 2. The zero-order valence-corrected chi connectivity index (χ0v) is 25.8. The first-order valence-electron chi connectivity index (χ1n) is 12.7. The largest absolute Gasteiger partial charge is 0.493 e. The van der Waals surface area contributed by atoms with Gasteiger partial charge in [-0.3, -0.25) is 13.9 Å². The Morgan fingerprint density at radius 2 is 1.41 bits per heavy atom. The molecule has 2 amide bonds. The Labute approximate surface area is 251 Å². The highest BCUT2D eigenvalue weighted by atomic mass is 35.5. The summed E-state index contributed by atoms with van der Waals surface area (Å²) in [7, 11) is -1.47. The van der Waals surface area contributed by atoms with Crippen LogP contribution in [0, 0.1) is 0 Å². The first-order valence-corrected chi connectivity index (χ1v) is 14.9. The molecule has 0 aliphatic heterocycles. The third kappa shape index (κ3) is 8.06. The maximum absolute atomic E-state index is 14.0. The number of hydrogen-bond acceptors (Lipinski definition) is 6. The molecule has 0 bridgehead atoms. The molecule has 0 aromatic heterocycles.